The van der Waals surface area contributed by atoms with Crippen LogP contribution in [-0.2, 0) is 32.2 Å². The molecule has 0 fully saturated rings. The minimum Gasteiger partial charge on any atom is -0.463 e. The average molecular weight is 366 g/mol. The fourth-order valence-electron chi connectivity index (χ4n) is 2.46. The van der Waals surface area contributed by atoms with E-state index in [2.05, 4.69) is 6.58 Å². The fraction of sp³-hybridized carbons (Fsp3) is 0.261. The van der Waals surface area contributed by atoms with Crippen LogP contribution in [0.2, 0.25) is 0 Å². The van der Waals surface area contributed by atoms with Crippen molar-refractivity contribution in [3.63, 3.8) is 0 Å². The van der Waals surface area contributed by atoms with Crippen molar-refractivity contribution in [1.82, 2.24) is 0 Å². The lowest BCUT2D eigenvalue weighted by Gasteiger charge is -2.25. The number of rotatable bonds is 11. The molecule has 2 atom stereocenters. The van der Waals surface area contributed by atoms with Crippen LogP contribution in [0.15, 0.2) is 85.5 Å². The average Bonchev–Trinajstić information content (AvgIpc) is 2.70. The standard InChI is InChI=1S/C23H26O4/c1-3-4-15-22(26-16-20-11-7-5-8-12-20)23(18-25-19(2)24)27-17-21-13-9-6-10-14-21/h3-15,22-23H,1,16-18H2,2H3/b15-4+/t22-,23+/m1/s1. The number of hydrogen-bond donors (Lipinski definition) is 0. The summed E-state index contributed by atoms with van der Waals surface area (Å²) in [5.74, 6) is -0.349. The molecule has 2 aromatic carbocycles. The minimum absolute atomic E-state index is 0.114. The van der Waals surface area contributed by atoms with Crippen LogP contribution in [0, 0.1) is 0 Å². The Morgan fingerprint density at radius 2 is 1.52 bits per heavy atom. The third-order valence-electron chi connectivity index (χ3n) is 3.85. The van der Waals surface area contributed by atoms with Crippen LogP contribution in [0.25, 0.3) is 0 Å². The van der Waals surface area contributed by atoms with Gasteiger partial charge in [-0.3, -0.25) is 4.79 Å². The molecule has 2 aromatic rings. The topological polar surface area (TPSA) is 44.8 Å². The van der Waals surface area contributed by atoms with Crippen LogP contribution in [0.3, 0.4) is 0 Å². The van der Waals surface area contributed by atoms with E-state index in [-0.39, 0.29) is 18.7 Å². The van der Waals surface area contributed by atoms with Gasteiger partial charge in [0.1, 0.15) is 18.8 Å². The largest absolute Gasteiger partial charge is 0.463 e. The van der Waals surface area contributed by atoms with Gasteiger partial charge in [0.2, 0.25) is 0 Å². The summed E-state index contributed by atoms with van der Waals surface area (Å²) in [6, 6.07) is 19.8. The van der Waals surface area contributed by atoms with Crippen molar-refractivity contribution in [2.75, 3.05) is 6.61 Å². The van der Waals surface area contributed by atoms with Crippen molar-refractivity contribution >= 4 is 5.97 Å². The zero-order valence-corrected chi connectivity index (χ0v) is 15.6. The molecule has 0 saturated carbocycles. The second-order valence-electron chi connectivity index (χ2n) is 6.02. The first-order valence-electron chi connectivity index (χ1n) is 8.92. The highest BCUT2D eigenvalue weighted by Crippen LogP contribution is 2.14. The molecule has 0 unspecified atom stereocenters. The summed E-state index contributed by atoms with van der Waals surface area (Å²) in [5.41, 5.74) is 2.10. The highest BCUT2D eigenvalue weighted by molar-refractivity contribution is 5.65. The molecule has 0 aliphatic carbocycles. The zero-order chi connectivity index (χ0) is 19.3. The van der Waals surface area contributed by atoms with Crippen LogP contribution in [-0.4, -0.2) is 24.8 Å². The van der Waals surface area contributed by atoms with Crippen molar-refractivity contribution in [2.24, 2.45) is 0 Å². The summed E-state index contributed by atoms with van der Waals surface area (Å²) in [7, 11) is 0. The predicted octanol–water partition coefficient (Wildman–Crippen LogP) is 4.46. The molecule has 4 nitrogen and oxygen atoms in total. The Morgan fingerprint density at radius 1 is 0.963 bits per heavy atom. The van der Waals surface area contributed by atoms with Gasteiger partial charge in [0, 0.05) is 6.92 Å². The molecule has 142 valence electrons. The molecule has 0 aromatic heterocycles. The van der Waals surface area contributed by atoms with Crippen LogP contribution in [0.1, 0.15) is 18.1 Å². The van der Waals surface area contributed by atoms with Gasteiger partial charge in [-0.25, -0.2) is 0 Å². The van der Waals surface area contributed by atoms with Gasteiger partial charge in [0.25, 0.3) is 0 Å². The first-order valence-corrected chi connectivity index (χ1v) is 8.92. The number of carbonyl (C=O) groups is 1. The smallest absolute Gasteiger partial charge is 0.302 e. The number of esters is 1. The van der Waals surface area contributed by atoms with Gasteiger partial charge in [0.15, 0.2) is 0 Å². The van der Waals surface area contributed by atoms with Gasteiger partial charge in [0.05, 0.1) is 13.2 Å². The second-order valence-corrected chi connectivity index (χ2v) is 6.02. The summed E-state index contributed by atoms with van der Waals surface area (Å²) in [5, 5.41) is 0. The van der Waals surface area contributed by atoms with Gasteiger partial charge in [-0.05, 0) is 11.1 Å². The Morgan fingerprint density at radius 3 is 2.04 bits per heavy atom. The molecular formula is C23H26O4. The molecule has 0 heterocycles. The number of allylic oxidation sites excluding steroid dienone is 2. The summed E-state index contributed by atoms with van der Waals surface area (Å²) >= 11 is 0. The van der Waals surface area contributed by atoms with Crippen molar-refractivity contribution in [3.05, 3.63) is 96.6 Å². The highest BCUT2D eigenvalue weighted by atomic mass is 16.6. The lowest BCUT2D eigenvalue weighted by Crippen LogP contribution is -2.35. The molecule has 0 bridgehead atoms. The first kappa shape index (κ1) is 20.6. The van der Waals surface area contributed by atoms with Crippen molar-refractivity contribution in [1.29, 1.82) is 0 Å². The van der Waals surface area contributed by atoms with Crippen molar-refractivity contribution in [3.8, 4) is 0 Å². The SMILES string of the molecule is C=C/C=C/[C@@H](OCc1ccccc1)[C@H](COC(C)=O)OCc1ccccc1. The Balaban J connectivity index is 2.07. The van der Waals surface area contributed by atoms with E-state index in [1.165, 1.54) is 6.92 Å². The molecular weight excluding hydrogens is 340 g/mol. The van der Waals surface area contributed by atoms with Crippen LogP contribution < -0.4 is 0 Å². The van der Waals surface area contributed by atoms with Crippen LogP contribution in [0.5, 0.6) is 0 Å². The maximum absolute atomic E-state index is 11.3. The lowest BCUT2D eigenvalue weighted by molar-refractivity contribution is -0.150. The number of carbonyl (C=O) groups excluding carboxylic acids is 1. The molecule has 0 N–H and O–H groups in total. The lowest BCUT2D eigenvalue weighted by atomic mass is 10.1. The van der Waals surface area contributed by atoms with Crippen LogP contribution in [0.4, 0.5) is 0 Å². The second kappa shape index (κ2) is 11.8. The molecule has 0 aliphatic heterocycles. The number of hydrogen-bond acceptors (Lipinski definition) is 4. The molecule has 0 amide bonds. The van der Waals surface area contributed by atoms with E-state index in [0.29, 0.717) is 13.2 Å². The summed E-state index contributed by atoms with van der Waals surface area (Å²) in [6.07, 6.45) is 4.54. The molecule has 4 heteroatoms. The quantitative estimate of drug-likeness (QED) is 0.435. The van der Waals surface area contributed by atoms with Gasteiger partial charge < -0.3 is 14.2 Å². The van der Waals surface area contributed by atoms with E-state index < -0.39 is 6.10 Å². The third kappa shape index (κ3) is 8.03. The summed E-state index contributed by atoms with van der Waals surface area (Å²) in [4.78, 5) is 11.3. The minimum atomic E-state index is -0.436. The Bertz CT molecular complexity index is 710. The molecule has 2 rings (SSSR count). The summed E-state index contributed by atoms with van der Waals surface area (Å²) < 4.78 is 17.3. The van der Waals surface area contributed by atoms with E-state index in [0.717, 1.165) is 11.1 Å². The number of ether oxygens (including phenoxy) is 3. The van der Waals surface area contributed by atoms with E-state index in [4.69, 9.17) is 14.2 Å². The summed E-state index contributed by atoms with van der Waals surface area (Å²) in [6.45, 7) is 6.04. The van der Waals surface area contributed by atoms with E-state index in [9.17, 15) is 4.79 Å². The third-order valence-corrected chi connectivity index (χ3v) is 3.85. The van der Waals surface area contributed by atoms with Gasteiger partial charge in [-0.15, -0.1) is 0 Å². The first-order chi connectivity index (χ1) is 13.2. The monoisotopic (exact) mass is 366 g/mol. The Hall–Kier alpha value is -2.69. The molecule has 0 radical (unpaired) electrons. The van der Waals surface area contributed by atoms with Gasteiger partial charge >= 0.3 is 5.97 Å². The Labute approximate surface area is 161 Å². The van der Waals surface area contributed by atoms with Gasteiger partial charge in [-0.1, -0.05) is 85.5 Å². The normalized spacial score (nSPS) is 13.2. The molecule has 27 heavy (non-hydrogen) atoms. The maximum atomic E-state index is 11.3. The highest BCUT2D eigenvalue weighted by Gasteiger charge is 2.22. The van der Waals surface area contributed by atoms with E-state index in [1.54, 1.807) is 6.08 Å². The van der Waals surface area contributed by atoms with Crippen molar-refractivity contribution < 1.29 is 19.0 Å². The van der Waals surface area contributed by atoms with Gasteiger partial charge in [-0.2, -0.15) is 0 Å². The van der Waals surface area contributed by atoms with E-state index >= 15 is 0 Å². The molecule has 0 saturated heterocycles. The zero-order valence-electron chi connectivity index (χ0n) is 15.6. The van der Waals surface area contributed by atoms with Crippen molar-refractivity contribution in [2.45, 2.75) is 32.3 Å². The molecule has 0 spiro atoms. The predicted molar refractivity (Wildman–Crippen MR) is 106 cm³/mol. The Kier molecular flexibility index (Phi) is 9.04. The molecule has 0 aliphatic rings. The maximum Gasteiger partial charge on any atom is 0.302 e. The number of benzene rings is 2. The van der Waals surface area contributed by atoms with E-state index in [1.807, 2.05) is 72.8 Å². The fourth-order valence-corrected chi connectivity index (χ4v) is 2.46. The van der Waals surface area contributed by atoms with Crippen LogP contribution >= 0.6 is 0 Å².